The van der Waals surface area contributed by atoms with Crippen LogP contribution in [0.3, 0.4) is 0 Å². The standard InChI is InChI=1S/C15H16BrF2N3O3/c1-23-10-7-9(8-11(24-2)13(10)16)14(22)20-4-3-12-19-5-6-21(12)15(17)18/h5-8,15H,3-4H2,1-2H3,(H,20,22). The van der Waals surface area contributed by atoms with Gasteiger partial charge in [0.25, 0.3) is 5.91 Å². The lowest BCUT2D eigenvalue weighted by atomic mass is 10.2. The minimum atomic E-state index is -2.65. The summed E-state index contributed by atoms with van der Waals surface area (Å²) in [7, 11) is 2.96. The van der Waals surface area contributed by atoms with E-state index in [-0.39, 0.29) is 24.7 Å². The van der Waals surface area contributed by atoms with Gasteiger partial charge in [-0.3, -0.25) is 9.36 Å². The summed E-state index contributed by atoms with van der Waals surface area (Å²) < 4.78 is 37.2. The van der Waals surface area contributed by atoms with Gasteiger partial charge in [-0.05, 0) is 28.1 Å². The van der Waals surface area contributed by atoms with E-state index >= 15 is 0 Å². The van der Waals surface area contributed by atoms with Crippen LogP contribution in [0.25, 0.3) is 0 Å². The van der Waals surface area contributed by atoms with Gasteiger partial charge in [0.15, 0.2) is 0 Å². The van der Waals surface area contributed by atoms with Gasteiger partial charge >= 0.3 is 6.55 Å². The van der Waals surface area contributed by atoms with E-state index in [9.17, 15) is 13.6 Å². The average Bonchev–Trinajstić information content (AvgIpc) is 3.03. The number of rotatable bonds is 7. The molecular formula is C15H16BrF2N3O3. The Morgan fingerprint density at radius 1 is 1.33 bits per heavy atom. The topological polar surface area (TPSA) is 65.4 Å². The third-order valence-electron chi connectivity index (χ3n) is 3.30. The number of methoxy groups -OCH3 is 2. The summed E-state index contributed by atoms with van der Waals surface area (Å²) in [5.41, 5.74) is 0.337. The van der Waals surface area contributed by atoms with Crippen molar-refractivity contribution in [3.63, 3.8) is 0 Å². The van der Waals surface area contributed by atoms with Crippen LogP contribution in [0.4, 0.5) is 8.78 Å². The number of alkyl halides is 2. The van der Waals surface area contributed by atoms with Crippen LogP contribution in [0.1, 0.15) is 22.7 Å². The molecule has 0 fully saturated rings. The van der Waals surface area contributed by atoms with Crippen molar-refractivity contribution in [2.75, 3.05) is 20.8 Å². The second kappa shape index (κ2) is 8.09. The molecule has 130 valence electrons. The predicted molar refractivity (Wildman–Crippen MR) is 86.8 cm³/mol. The van der Waals surface area contributed by atoms with E-state index in [1.165, 1.54) is 26.6 Å². The van der Waals surface area contributed by atoms with E-state index < -0.39 is 6.55 Å². The highest BCUT2D eigenvalue weighted by atomic mass is 79.9. The maximum Gasteiger partial charge on any atom is 0.319 e. The van der Waals surface area contributed by atoms with Gasteiger partial charge in [-0.15, -0.1) is 0 Å². The molecule has 0 saturated heterocycles. The van der Waals surface area contributed by atoms with Crippen LogP contribution in [0.5, 0.6) is 11.5 Å². The Bertz CT molecular complexity index is 697. The fourth-order valence-corrected chi connectivity index (χ4v) is 2.66. The summed E-state index contributed by atoms with van der Waals surface area (Å²) in [4.78, 5) is 16.1. The minimum Gasteiger partial charge on any atom is -0.495 e. The number of amides is 1. The summed E-state index contributed by atoms with van der Waals surface area (Å²) in [6.45, 7) is -2.48. The Balaban J connectivity index is 2.03. The Kier molecular flexibility index (Phi) is 6.13. The maximum absolute atomic E-state index is 12.7. The molecular weight excluding hydrogens is 388 g/mol. The number of benzene rings is 1. The van der Waals surface area contributed by atoms with Crippen LogP contribution >= 0.6 is 15.9 Å². The zero-order valence-electron chi connectivity index (χ0n) is 13.1. The molecule has 1 amide bonds. The lowest BCUT2D eigenvalue weighted by Crippen LogP contribution is -2.26. The summed E-state index contributed by atoms with van der Waals surface area (Å²) >= 11 is 3.32. The molecule has 1 N–H and O–H groups in total. The number of imidazole rings is 1. The van der Waals surface area contributed by atoms with E-state index in [1.54, 1.807) is 12.1 Å². The Morgan fingerprint density at radius 2 is 1.96 bits per heavy atom. The van der Waals surface area contributed by atoms with Crippen molar-refractivity contribution in [1.82, 2.24) is 14.9 Å². The van der Waals surface area contributed by atoms with E-state index in [0.29, 0.717) is 21.5 Å². The van der Waals surface area contributed by atoms with Crippen molar-refractivity contribution in [1.29, 1.82) is 0 Å². The van der Waals surface area contributed by atoms with Crippen molar-refractivity contribution in [2.24, 2.45) is 0 Å². The first kappa shape index (κ1) is 18.2. The third kappa shape index (κ3) is 4.02. The monoisotopic (exact) mass is 403 g/mol. The highest BCUT2D eigenvalue weighted by Gasteiger charge is 2.15. The van der Waals surface area contributed by atoms with E-state index in [1.807, 2.05) is 0 Å². The van der Waals surface area contributed by atoms with Crippen LogP contribution in [0, 0.1) is 0 Å². The van der Waals surface area contributed by atoms with Crippen molar-refractivity contribution in [3.8, 4) is 11.5 Å². The summed E-state index contributed by atoms with van der Waals surface area (Å²) in [6, 6.07) is 3.12. The largest absolute Gasteiger partial charge is 0.495 e. The Morgan fingerprint density at radius 3 is 2.50 bits per heavy atom. The van der Waals surface area contributed by atoms with Gasteiger partial charge in [0.05, 0.1) is 14.2 Å². The summed E-state index contributed by atoms with van der Waals surface area (Å²) in [5, 5.41) is 2.66. The number of carbonyl (C=O) groups is 1. The van der Waals surface area contributed by atoms with E-state index in [4.69, 9.17) is 9.47 Å². The lowest BCUT2D eigenvalue weighted by molar-refractivity contribution is 0.0670. The fraction of sp³-hybridized carbons (Fsp3) is 0.333. The number of carbonyl (C=O) groups excluding carboxylic acids is 1. The normalized spacial score (nSPS) is 10.8. The molecule has 0 aliphatic heterocycles. The number of nitrogens with one attached hydrogen (secondary N) is 1. The molecule has 0 spiro atoms. The zero-order valence-corrected chi connectivity index (χ0v) is 14.6. The highest BCUT2D eigenvalue weighted by Crippen LogP contribution is 2.35. The fourth-order valence-electron chi connectivity index (χ4n) is 2.11. The first-order valence-corrected chi connectivity index (χ1v) is 7.76. The number of hydrogen-bond donors (Lipinski definition) is 1. The SMILES string of the molecule is COc1cc(C(=O)NCCc2nccn2C(F)F)cc(OC)c1Br. The summed E-state index contributed by atoms with van der Waals surface area (Å²) in [6.07, 6.45) is 2.69. The summed E-state index contributed by atoms with van der Waals surface area (Å²) in [5.74, 6) is 0.742. The van der Waals surface area contributed by atoms with Crippen LogP contribution in [-0.4, -0.2) is 36.2 Å². The van der Waals surface area contributed by atoms with Gasteiger partial charge in [-0.25, -0.2) is 4.98 Å². The van der Waals surface area contributed by atoms with Crippen molar-refractivity contribution in [3.05, 3.63) is 40.4 Å². The molecule has 24 heavy (non-hydrogen) atoms. The van der Waals surface area contributed by atoms with Crippen LogP contribution < -0.4 is 14.8 Å². The second-order valence-electron chi connectivity index (χ2n) is 4.73. The smallest absolute Gasteiger partial charge is 0.319 e. The molecule has 0 atom stereocenters. The Hall–Kier alpha value is -2.16. The molecule has 1 heterocycles. The molecule has 0 saturated carbocycles. The molecule has 1 aromatic carbocycles. The molecule has 0 unspecified atom stereocenters. The number of nitrogens with zero attached hydrogens (tertiary/aromatic N) is 2. The van der Waals surface area contributed by atoms with Crippen LogP contribution in [-0.2, 0) is 6.42 Å². The van der Waals surface area contributed by atoms with Gasteiger partial charge in [-0.1, -0.05) is 0 Å². The molecule has 0 bridgehead atoms. The predicted octanol–water partition coefficient (Wildman–Crippen LogP) is 3.03. The van der Waals surface area contributed by atoms with Crippen molar-refractivity contribution >= 4 is 21.8 Å². The van der Waals surface area contributed by atoms with Gasteiger partial charge < -0.3 is 14.8 Å². The molecule has 0 aliphatic carbocycles. The van der Waals surface area contributed by atoms with Gasteiger partial charge in [0, 0.05) is 30.9 Å². The van der Waals surface area contributed by atoms with Gasteiger partial charge in [0.2, 0.25) is 0 Å². The van der Waals surface area contributed by atoms with Crippen molar-refractivity contribution in [2.45, 2.75) is 13.0 Å². The van der Waals surface area contributed by atoms with Crippen LogP contribution in [0.15, 0.2) is 29.0 Å². The lowest BCUT2D eigenvalue weighted by Gasteiger charge is -2.12. The molecule has 0 radical (unpaired) electrons. The number of halogens is 3. The van der Waals surface area contributed by atoms with Crippen LogP contribution in [0.2, 0.25) is 0 Å². The second-order valence-corrected chi connectivity index (χ2v) is 5.52. The first-order valence-electron chi connectivity index (χ1n) is 6.97. The molecule has 2 rings (SSSR count). The van der Waals surface area contributed by atoms with E-state index in [0.717, 1.165) is 4.57 Å². The molecule has 1 aromatic heterocycles. The van der Waals surface area contributed by atoms with Crippen molar-refractivity contribution < 1.29 is 23.0 Å². The number of ether oxygens (including phenoxy) is 2. The maximum atomic E-state index is 12.7. The molecule has 0 aliphatic rings. The number of hydrogen-bond acceptors (Lipinski definition) is 4. The quantitative estimate of drug-likeness (QED) is 0.771. The highest BCUT2D eigenvalue weighted by molar-refractivity contribution is 9.10. The first-order chi connectivity index (χ1) is 11.5. The third-order valence-corrected chi connectivity index (χ3v) is 4.08. The number of aromatic nitrogens is 2. The molecule has 2 aromatic rings. The Labute approximate surface area is 145 Å². The van der Waals surface area contributed by atoms with Gasteiger partial charge in [0.1, 0.15) is 21.8 Å². The minimum absolute atomic E-state index is 0.170. The van der Waals surface area contributed by atoms with Gasteiger partial charge in [-0.2, -0.15) is 8.78 Å². The average molecular weight is 404 g/mol. The zero-order chi connectivity index (χ0) is 17.7. The molecule has 6 nitrogen and oxygen atoms in total. The van der Waals surface area contributed by atoms with E-state index in [2.05, 4.69) is 26.2 Å². The molecule has 9 heteroatoms.